The van der Waals surface area contributed by atoms with Crippen LogP contribution >= 0.6 is 0 Å². The molecule has 0 amide bonds. The van der Waals surface area contributed by atoms with Gasteiger partial charge in [-0.15, -0.1) is 0 Å². The van der Waals surface area contributed by atoms with Crippen LogP contribution in [0.3, 0.4) is 0 Å². The molecule has 0 atom stereocenters. The van der Waals surface area contributed by atoms with Crippen molar-refractivity contribution in [3.05, 3.63) is 0 Å². The minimum atomic E-state index is 0.322. The van der Waals surface area contributed by atoms with Gasteiger partial charge in [-0.25, -0.2) is 0 Å². The van der Waals surface area contributed by atoms with Crippen LogP contribution in [0.1, 0.15) is 25.7 Å². The molecule has 0 aromatic rings. The Kier molecular flexibility index (Phi) is 8.54. The van der Waals surface area contributed by atoms with Crippen LogP contribution in [0.4, 0.5) is 0 Å². The van der Waals surface area contributed by atoms with Crippen molar-refractivity contribution in [1.29, 1.82) is 0 Å². The van der Waals surface area contributed by atoms with E-state index in [-0.39, 0.29) is 0 Å². The first kappa shape index (κ1) is 15.2. The average molecular weight is 258 g/mol. The summed E-state index contributed by atoms with van der Waals surface area (Å²) in [5.41, 5.74) is 5.38. The Morgan fingerprint density at radius 1 is 1.22 bits per heavy atom. The van der Waals surface area contributed by atoms with E-state index in [1.54, 1.807) is 0 Å². The summed E-state index contributed by atoms with van der Waals surface area (Å²) in [6, 6.07) is 0. The third-order valence-corrected chi connectivity index (χ3v) is 3.10. The standard InChI is InChI=1S/C12H26N4O2/c13-12(15-17)4-1-2-5-14-6-3-7-16-8-10-18-11-9-16/h14,17H,1-11H2,(H2,13,15). The van der Waals surface area contributed by atoms with E-state index in [0.29, 0.717) is 12.3 Å². The van der Waals surface area contributed by atoms with Crippen LogP contribution in [0, 0.1) is 0 Å². The van der Waals surface area contributed by atoms with Gasteiger partial charge in [-0.1, -0.05) is 5.16 Å². The second-order valence-corrected chi connectivity index (χ2v) is 4.61. The highest BCUT2D eigenvalue weighted by Gasteiger charge is 2.08. The lowest BCUT2D eigenvalue weighted by Gasteiger charge is -2.26. The zero-order chi connectivity index (χ0) is 13.1. The summed E-state index contributed by atoms with van der Waals surface area (Å²) in [5, 5.41) is 14.7. The zero-order valence-electron chi connectivity index (χ0n) is 11.1. The minimum Gasteiger partial charge on any atom is -0.409 e. The molecule has 1 aliphatic heterocycles. The zero-order valence-corrected chi connectivity index (χ0v) is 11.1. The van der Waals surface area contributed by atoms with E-state index in [1.165, 1.54) is 6.42 Å². The van der Waals surface area contributed by atoms with Gasteiger partial charge in [0.1, 0.15) is 5.84 Å². The molecular weight excluding hydrogens is 232 g/mol. The molecule has 0 spiro atoms. The number of ether oxygens (including phenoxy) is 1. The van der Waals surface area contributed by atoms with Crippen LogP contribution in [-0.2, 0) is 4.74 Å². The molecule has 1 rings (SSSR count). The van der Waals surface area contributed by atoms with E-state index in [9.17, 15) is 0 Å². The van der Waals surface area contributed by atoms with Gasteiger partial charge in [-0.05, 0) is 38.9 Å². The van der Waals surface area contributed by atoms with Gasteiger partial charge in [0.25, 0.3) is 0 Å². The average Bonchev–Trinajstić information content (AvgIpc) is 2.42. The fourth-order valence-electron chi connectivity index (χ4n) is 1.98. The summed E-state index contributed by atoms with van der Waals surface area (Å²) in [6.07, 6.45) is 3.88. The number of hydrogen-bond acceptors (Lipinski definition) is 5. The molecule has 0 aliphatic carbocycles. The van der Waals surface area contributed by atoms with Gasteiger partial charge < -0.3 is 21.0 Å². The maximum Gasteiger partial charge on any atom is 0.139 e. The van der Waals surface area contributed by atoms with Crippen LogP contribution in [0.2, 0.25) is 0 Å². The fourth-order valence-corrected chi connectivity index (χ4v) is 1.98. The predicted molar refractivity (Wildman–Crippen MR) is 72.0 cm³/mol. The number of amidine groups is 1. The molecule has 1 heterocycles. The van der Waals surface area contributed by atoms with Crippen LogP contribution in [-0.4, -0.2) is 61.9 Å². The Hall–Kier alpha value is -0.850. The van der Waals surface area contributed by atoms with Gasteiger partial charge in [-0.2, -0.15) is 0 Å². The highest BCUT2D eigenvalue weighted by molar-refractivity contribution is 5.79. The van der Waals surface area contributed by atoms with Crippen LogP contribution in [0.5, 0.6) is 0 Å². The van der Waals surface area contributed by atoms with Gasteiger partial charge in [-0.3, -0.25) is 4.90 Å². The van der Waals surface area contributed by atoms with Gasteiger partial charge in [0.15, 0.2) is 0 Å². The molecule has 6 nitrogen and oxygen atoms in total. The maximum atomic E-state index is 8.37. The van der Waals surface area contributed by atoms with Crippen LogP contribution in [0.25, 0.3) is 0 Å². The monoisotopic (exact) mass is 258 g/mol. The lowest BCUT2D eigenvalue weighted by molar-refractivity contribution is 0.0374. The number of rotatable bonds is 9. The first-order valence-electron chi connectivity index (χ1n) is 6.80. The van der Waals surface area contributed by atoms with Crippen LogP contribution in [0.15, 0.2) is 5.16 Å². The first-order valence-corrected chi connectivity index (χ1v) is 6.80. The number of oxime groups is 1. The Balaban J connectivity index is 1.81. The maximum absolute atomic E-state index is 8.37. The van der Waals surface area contributed by atoms with E-state index in [1.807, 2.05) is 0 Å². The van der Waals surface area contributed by atoms with Crippen molar-refractivity contribution in [1.82, 2.24) is 10.2 Å². The number of unbranched alkanes of at least 4 members (excludes halogenated alkanes) is 1. The van der Waals surface area contributed by atoms with E-state index >= 15 is 0 Å². The molecule has 1 fully saturated rings. The van der Waals surface area contributed by atoms with Crippen molar-refractivity contribution in [2.45, 2.75) is 25.7 Å². The van der Waals surface area contributed by atoms with E-state index in [4.69, 9.17) is 15.7 Å². The Morgan fingerprint density at radius 2 is 1.94 bits per heavy atom. The minimum absolute atomic E-state index is 0.322. The Bertz CT molecular complexity index is 230. The van der Waals surface area contributed by atoms with Crippen molar-refractivity contribution in [2.24, 2.45) is 10.9 Å². The van der Waals surface area contributed by atoms with Crippen molar-refractivity contribution >= 4 is 5.84 Å². The largest absolute Gasteiger partial charge is 0.409 e. The molecule has 18 heavy (non-hydrogen) atoms. The summed E-state index contributed by atoms with van der Waals surface area (Å²) >= 11 is 0. The van der Waals surface area contributed by atoms with Crippen molar-refractivity contribution in [3.8, 4) is 0 Å². The van der Waals surface area contributed by atoms with E-state index in [0.717, 1.165) is 58.8 Å². The molecule has 4 N–H and O–H groups in total. The van der Waals surface area contributed by atoms with E-state index < -0.39 is 0 Å². The highest BCUT2D eigenvalue weighted by atomic mass is 16.5. The Labute approximate surface area is 109 Å². The topological polar surface area (TPSA) is 83.1 Å². The van der Waals surface area contributed by atoms with Gasteiger partial charge in [0, 0.05) is 19.5 Å². The smallest absolute Gasteiger partial charge is 0.139 e. The molecule has 1 saturated heterocycles. The molecule has 106 valence electrons. The lowest BCUT2D eigenvalue weighted by atomic mass is 10.2. The summed E-state index contributed by atoms with van der Waals surface area (Å²) < 4.78 is 5.31. The summed E-state index contributed by atoms with van der Waals surface area (Å²) in [7, 11) is 0. The fraction of sp³-hybridized carbons (Fsp3) is 0.917. The molecule has 0 aromatic heterocycles. The van der Waals surface area contributed by atoms with Crippen molar-refractivity contribution in [2.75, 3.05) is 45.9 Å². The highest BCUT2D eigenvalue weighted by Crippen LogP contribution is 1.97. The lowest BCUT2D eigenvalue weighted by Crippen LogP contribution is -2.37. The molecule has 0 unspecified atom stereocenters. The summed E-state index contributed by atoms with van der Waals surface area (Å²) in [5.74, 6) is 0.322. The van der Waals surface area contributed by atoms with Crippen LogP contribution < -0.4 is 11.1 Å². The summed E-state index contributed by atoms with van der Waals surface area (Å²) in [4.78, 5) is 2.45. The molecule has 0 saturated carbocycles. The Morgan fingerprint density at radius 3 is 2.67 bits per heavy atom. The number of nitrogens with two attached hydrogens (primary N) is 1. The second kappa shape index (κ2) is 10.1. The number of morpholine rings is 1. The number of nitrogens with zero attached hydrogens (tertiary/aromatic N) is 2. The third kappa shape index (κ3) is 7.47. The van der Waals surface area contributed by atoms with Crippen molar-refractivity contribution < 1.29 is 9.94 Å². The molecular formula is C12H26N4O2. The number of hydrogen-bond donors (Lipinski definition) is 3. The van der Waals surface area contributed by atoms with E-state index in [2.05, 4.69) is 15.4 Å². The quantitative estimate of drug-likeness (QED) is 0.181. The van der Waals surface area contributed by atoms with Gasteiger partial charge in [0.05, 0.1) is 13.2 Å². The normalized spacial score (nSPS) is 18.1. The van der Waals surface area contributed by atoms with Gasteiger partial charge in [0.2, 0.25) is 0 Å². The SMILES string of the molecule is NC(CCCCNCCCN1CCOCC1)=NO. The second-order valence-electron chi connectivity index (χ2n) is 4.61. The molecule has 1 aliphatic rings. The third-order valence-electron chi connectivity index (χ3n) is 3.10. The van der Waals surface area contributed by atoms with Gasteiger partial charge >= 0.3 is 0 Å². The number of nitrogens with one attached hydrogen (secondary N) is 1. The molecule has 0 bridgehead atoms. The molecule has 6 heteroatoms. The molecule has 0 aromatic carbocycles. The summed E-state index contributed by atoms with van der Waals surface area (Å²) in [6.45, 7) is 7.10. The first-order chi connectivity index (χ1) is 8.83. The van der Waals surface area contributed by atoms with Crippen molar-refractivity contribution in [3.63, 3.8) is 0 Å². The predicted octanol–water partition coefficient (Wildman–Crippen LogP) is 0.215. The molecule has 0 radical (unpaired) electrons.